The van der Waals surface area contributed by atoms with Crippen molar-refractivity contribution in [3.05, 3.63) is 52.3 Å². The van der Waals surface area contributed by atoms with Crippen LogP contribution in [0, 0.1) is 0 Å². The van der Waals surface area contributed by atoms with Crippen molar-refractivity contribution in [1.82, 2.24) is 15.1 Å². The van der Waals surface area contributed by atoms with Gasteiger partial charge in [-0.1, -0.05) is 35.9 Å². The molecule has 1 aromatic carbocycles. The summed E-state index contributed by atoms with van der Waals surface area (Å²) in [5, 5.41) is 7.53. The quantitative estimate of drug-likeness (QED) is 0.924. The van der Waals surface area contributed by atoms with Gasteiger partial charge in [-0.05, 0) is 30.4 Å². The van der Waals surface area contributed by atoms with E-state index in [0.29, 0.717) is 5.02 Å². The maximum atomic E-state index is 12.3. The zero-order chi connectivity index (χ0) is 14.1. The van der Waals surface area contributed by atoms with Gasteiger partial charge < -0.3 is 5.32 Å². The van der Waals surface area contributed by atoms with Gasteiger partial charge in [-0.15, -0.1) is 0 Å². The molecular formula is C15H16ClN3O. The van der Waals surface area contributed by atoms with Gasteiger partial charge in [0.05, 0.1) is 11.1 Å². The second kappa shape index (κ2) is 5.29. The predicted octanol–water partition coefficient (Wildman–Crippen LogP) is 2.88. The van der Waals surface area contributed by atoms with E-state index in [2.05, 4.69) is 22.5 Å². The number of aromatic nitrogens is 2. The van der Waals surface area contributed by atoms with Crippen molar-refractivity contribution in [2.75, 3.05) is 0 Å². The zero-order valence-electron chi connectivity index (χ0n) is 11.3. The van der Waals surface area contributed by atoms with Crippen molar-refractivity contribution in [2.45, 2.75) is 25.3 Å². The number of fused-ring (bicyclic) bond motifs is 1. The minimum absolute atomic E-state index is 0.0468. The highest BCUT2D eigenvalue weighted by Crippen LogP contribution is 2.29. The van der Waals surface area contributed by atoms with Crippen LogP contribution in [0.1, 0.15) is 40.5 Å². The summed E-state index contributed by atoms with van der Waals surface area (Å²) in [5.74, 6) is -0.211. The fourth-order valence-corrected chi connectivity index (χ4v) is 3.01. The fraction of sp³-hybridized carbons (Fsp3) is 0.333. The van der Waals surface area contributed by atoms with E-state index in [-0.39, 0.29) is 17.6 Å². The van der Waals surface area contributed by atoms with Crippen LogP contribution in [0.3, 0.4) is 0 Å². The highest BCUT2D eigenvalue weighted by Gasteiger charge is 2.23. The molecule has 1 heterocycles. The number of benzene rings is 1. The van der Waals surface area contributed by atoms with Gasteiger partial charge in [-0.3, -0.25) is 9.48 Å². The highest BCUT2D eigenvalue weighted by atomic mass is 35.5. The molecule has 1 amide bonds. The van der Waals surface area contributed by atoms with Crippen LogP contribution >= 0.6 is 11.6 Å². The molecular weight excluding hydrogens is 274 g/mol. The van der Waals surface area contributed by atoms with Gasteiger partial charge in [0.15, 0.2) is 5.69 Å². The Balaban J connectivity index is 1.82. The number of halogens is 1. The molecule has 20 heavy (non-hydrogen) atoms. The lowest BCUT2D eigenvalue weighted by molar-refractivity contribution is 0.0927. The molecule has 104 valence electrons. The minimum atomic E-state index is -0.211. The standard InChI is InChI=1S/C15H16ClN3O/c1-19-9-12(16)14(18-19)15(20)17-13-8-4-6-10-5-2-3-7-11(10)13/h2-3,5,7,9,13H,4,6,8H2,1H3,(H,17,20)/t13-/m0/s1. The molecule has 2 aromatic rings. The van der Waals surface area contributed by atoms with Crippen molar-refractivity contribution >= 4 is 17.5 Å². The SMILES string of the molecule is Cn1cc(Cl)c(C(=O)N[C@H]2CCCc3ccccc32)n1. The van der Waals surface area contributed by atoms with E-state index in [4.69, 9.17) is 11.6 Å². The Bertz CT molecular complexity index is 650. The van der Waals surface area contributed by atoms with Crippen molar-refractivity contribution in [3.63, 3.8) is 0 Å². The van der Waals surface area contributed by atoms with Gasteiger partial charge >= 0.3 is 0 Å². The first-order valence-corrected chi connectivity index (χ1v) is 7.11. The van der Waals surface area contributed by atoms with E-state index >= 15 is 0 Å². The number of carbonyl (C=O) groups is 1. The first-order chi connectivity index (χ1) is 9.65. The number of rotatable bonds is 2. The van der Waals surface area contributed by atoms with Crippen molar-refractivity contribution in [1.29, 1.82) is 0 Å². The fourth-order valence-electron chi connectivity index (χ4n) is 2.74. The van der Waals surface area contributed by atoms with Crippen LogP contribution < -0.4 is 5.32 Å². The molecule has 1 atom stereocenters. The third kappa shape index (κ3) is 2.43. The highest BCUT2D eigenvalue weighted by molar-refractivity contribution is 6.33. The third-order valence-electron chi connectivity index (χ3n) is 3.67. The molecule has 0 bridgehead atoms. The van der Waals surface area contributed by atoms with E-state index in [1.165, 1.54) is 11.1 Å². The van der Waals surface area contributed by atoms with E-state index in [9.17, 15) is 4.79 Å². The van der Waals surface area contributed by atoms with Crippen LogP contribution in [-0.4, -0.2) is 15.7 Å². The molecule has 1 aliphatic carbocycles. The number of hydrogen-bond acceptors (Lipinski definition) is 2. The lowest BCUT2D eigenvalue weighted by Crippen LogP contribution is -2.31. The second-order valence-electron chi connectivity index (χ2n) is 5.12. The molecule has 3 rings (SSSR count). The lowest BCUT2D eigenvalue weighted by atomic mass is 9.88. The lowest BCUT2D eigenvalue weighted by Gasteiger charge is -2.26. The first-order valence-electron chi connectivity index (χ1n) is 6.73. The number of carbonyl (C=O) groups excluding carboxylic acids is 1. The Morgan fingerprint density at radius 2 is 2.25 bits per heavy atom. The molecule has 4 nitrogen and oxygen atoms in total. The molecule has 0 fully saturated rings. The van der Waals surface area contributed by atoms with E-state index < -0.39 is 0 Å². The summed E-state index contributed by atoms with van der Waals surface area (Å²) in [6.45, 7) is 0. The molecule has 0 spiro atoms. The van der Waals surface area contributed by atoms with Gasteiger partial charge in [-0.25, -0.2) is 0 Å². The summed E-state index contributed by atoms with van der Waals surface area (Å²) in [4.78, 5) is 12.3. The topological polar surface area (TPSA) is 46.9 Å². The van der Waals surface area contributed by atoms with Crippen LogP contribution in [0.2, 0.25) is 5.02 Å². The molecule has 0 saturated heterocycles. The monoisotopic (exact) mass is 289 g/mol. The molecule has 0 unspecified atom stereocenters. The summed E-state index contributed by atoms with van der Waals surface area (Å²) >= 11 is 6.01. The average Bonchev–Trinajstić information content (AvgIpc) is 2.78. The zero-order valence-corrected chi connectivity index (χ0v) is 12.0. The van der Waals surface area contributed by atoms with Gasteiger partial charge in [0.1, 0.15) is 0 Å². The van der Waals surface area contributed by atoms with Crippen LogP contribution in [0.25, 0.3) is 0 Å². The molecule has 0 radical (unpaired) electrons. The van der Waals surface area contributed by atoms with E-state index in [0.717, 1.165) is 19.3 Å². The molecule has 1 aromatic heterocycles. The largest absolute Gasteiger partial charge is 0.344 e. The Morgan fingerprint density at radius 1 is 1.45 bits per heavy atom. The summed E-state index contributed by atoms with van der Waals surface area (Å²) in [6.07, 6.45) is 4.74. The van der Waals surface area contributed by atoms with Gasteiger partial charge in [0, 0.05) is 13.2 Å². The average molecular weight is 290 g/mol. The minimum Gasteiger partial charge on any atom is -0.344 e. The summed E-state index contributed by atoms with van der Waals surface area (Å²) < 4.78 is 1.55. The maximum absolute atomic E-state index is 12.3. The van der Waals surface area contributed by atoms with E-state index in [1.807, 2.05) is 12.1 Å². The number of aryl methyl sites for hydroxylation is 2. The maximum Gasteiger partial charge on any atom is 0.273 e. The molecule has 0 aliphatic heterocycles. The smallest absolute Gasteiger partial charge is 0.273 e. The Kier molecular flexibility index (Phi) is 3.49. The molecule has 1 N–H and O–H groups in total. The molecule has 0 saturated carbocycles. The number of nitrogens with one attached hydrogen (secondary N) is 1. The number of hydrogen-bond donors (Lipinski definition) is 1. The summed E-state index contributed by atoms with van der Waals surface area (Å²) in [6, 6.07) is 8.31. The van der Waals surface area contributed by atoms with Crippen LogP contribution in [0.5, 0.6) is 0 Å². The second-order valence-corrected chi connectivity index (χ2v) is 5.52. The Labute approximate surface area is 122 Å². The summed E-state index contributed by atoms with van der Waals surface area (Å²) in [7, 11) is 1.75. The first kappa shape index (κ1) is 13.2. The van der Waals surface area contributed by atoms with Crippen molar-refractivity contribution in [2.24, 2.45) is 7.05 Å². The number of nitrogens with zero attached hydrogens (tertiary/aromatic N) is 2. The van der Waals surface area contributed by atoms with Gasteiger partial charge in [0.25, 0.3) is 5.91 Å². The number of amides is 1. The molecule has 5 heteroatoms. The van der Waals surface area contributed by atoms with Crippen LogP contribution in [0.4, 0.5) is 0 Å². The van der Waals surface area contributed by atoms with E-state index in [1.54, 1.807) is 17.9 Å². The van der Waals surface area contributed by atoms with Crippen molar-refractivity contribution < 1.29 is 4.79 Å². The summed E-state index contributed by atoms with van der Waals surface area (Å²) in [5.41, 5.74) is 2.81. The Hall–Kier alpha value is -1.81. The van der Waals surface area contributed by atoms with Crippen molar-refractivity contribution in [3.8, 4) is 0 Å². The predicted molar refractivity (Wildman–Crippen MR) is 77.8 cm³/mol. The van der Waals surface area contributed by atoms with Crippen LogP contribution in [-0.2, 0) is 13.5 Å². The van der Waals surface area contributed by atoms with Gasteiger partial charge in [0.2, 0.25) is 0 Å². The third-order valence-corrected chi connectivity index (χ3v) is 3.95. The Morgan fingerprint density at radius 3 is 3.00 bits per heavy atom. The van der Waals surface area contributed by atoms with Gasteiger partial charge in [-0.2, -0.15) is 5.10 Å². The van der Waals surface area contributed by atoms with Crippen LogP contribution in [0.15, 0.2) is 30.5 Å². The normalized spacial score (nSPS) is 17.6. The molecule has 1 aliphatic rings.